The number of amides is 1. The van der Waals surface area contributed by atoms with Crippen LogP contribution < -0.4 is 10.1 Å². The molecule has 0 bridgehead atoms. The van der Waals surface area contributed by atoms with Crippen molar-refractivity contribution in [3.05, 3.63) is 102 Å². The van der Waals surface area contributed by atoms with E-state index in [9.17, 15) is 9.59 Å². The quantitative estimate of drug-likeness (QED) is 0.366. The number of ketones is 1. The molecule has 2 aromatic carbocycles. The molecule has 37 heavy (non-hydrogen) atoms. The standard InChI is InChI=1S/C29H29N5O3/c1-33(2)12-13-37-24-9-10-26-21(14-24)15-27(32-26)25-16-23(8-11-28(25)35)31-29(36)22-17-30-34(19-22)18-20-6-4-3-5-7-20/h3-10,14-17,19,32H,11-13,18H2,1-2H3,(H,31,36). The van der Waals surface area contributed by atoms with Crippen LogP contribution >= 0.6 is 0 Å². The zero-order valence-electron chi connectivity index (χ0n) is 20.9. The van der Waals surface area contributed by atoms with E-state index < -0.39 is 0 Å². The maximum absolute atomic E-state index is 12.9. The summed E-state index contributed by atoms with van der Waals surface area (Å²) in [4.78, 5) is 31.0. The summed E-state index contributed by atoms with van der Waals surface area (Å²) in [5, 5.41) is 8.17. The fourth-order valence-electron chi connectivity index (χ4n) is 4.16. The lowest BCUT2D eigenvalue weighted by atomic mass is 9.98. The summed E-state index contributed by atoms with van der Waals surface area (Å²) in [6, 6.07) is 17.7. The van der Waals surface area contributed by atoms with Gasteiger partial charge >= 0.3 is 0 Å². The summed E-state index contributed by atoms with van der Waals surface area (Å²) < 4.78 is 7.57. The van der Waals surface area contributed by atoms with Crippen molar-refractivity contribution < 1.29 is 14.3 Å². The molecule has 0 radical (unpaired) electrons. The lowest BCUT2D eigenvalue weighted by Crippen LogP contribution is -2.23. The lowest BCUT2D eigenvalue weighted by molar-refractivity contribution is -0.113. The Labute approximate surface area is 215 Å². The van der Waals surface area contributed by atoms with Gasteiger partial charge in [0, 0.05) is 41.3 Å². The zero-order chi connectivity index (χ0) is 25.8. The molecule has 4 aromatic rings. The van der Waals surface area contributed by atoms with Crippen LogP contribution in [0.5, 0.6) is 5.75 Å². The molecule has 2 heterocycles. The Balaban J connectivity index is 1.28. The monoisotopic (exact) mass is 495 g/mol. The van der Waals surface area contributed by atoms with Crippen LogP contribution in [0, 0.1) is 0 Å². The van der Waals surface area contributed by atoms with Crippen LogP contribution in [0.2, 0.25) is 0 Å². The molecule has 1 aliphatic rings. The van der Waals surface area contributed by atoms with E-state index in [0.29, 0.717) is 35.7 Å². The molecule has 2 aromatic heterocycles. The Kier molecular flexibility index (Phi) is 7.00. The Bertz CT molecular complexity index is 1490. The molecule has 0 fully saturated rings. The number of allylic oxidation sites excluding steroid dienone is 3. The number of H-pyrrole nitrogens is 1. The van der Waals surface area contributed by atoms with E-state index in [1.54, 1.807) is 29.2 Å². The Morgan fingerprint density at radius 3 is 2.81 bits per heavy atom. The second kappa shape index (κ2) is 10.7. The minimum Gasteiger partial charge on any atom is -0.492 e. The summed E-state index contributed by atoms with van der Waals surface area (Å²) in [6.45, 7) is 2.00. The predicted molar refractivity (Wildman–Crippen MR) is 143 cm³/mol. The van der Waals surface area contributed by atoms with E-state index >= 15 is 0 Å². The number of Topliss-reactive ketones (excluding diaryl/α,β-unsaturated/α-hetero) is 1. The second-order valence-corrected chi connectivity index (χ2v) is 9.29. The fourth-order valence-corrected chi connectivity index (χ4v) is 4.16. The Morgan fingerprint density at radius 1 is 1.16 bits per heavy atom. The smallest absolute Gasteiger partial charge is 0.258 e. The van der Waals surface area contributed by atoms with E-state index in [-0.39, 0.29) is 18.1 Å². The first kappa shape index (κ1) is 24.3. The third-order valence-electron chi connectivity index (χ3n) is 6.14. The summed E-state index contributed by atoms with van der Waals surface area (Å²) in [5.74, 6) is 0.499. The third kappa shape index (κ3) is 5.87. The first-order valence-electron chi connectivity index (χ1n) is 12.2. The maximum atomic E-state index is 12.9. The number of benzene rings is 2. The number of aromatic nitrogens is 3. The van der Waals surface area contributed by atoms with E-state index in [1.165, 1.54) is 0 Å². The molecule has 5 rings (SSSR count). The molecule has 1 amide bonds. The number of likely N-dealkylation sites (N-methyl/N-ethyl adjacent to an activating group) is 1. The van der Waals surface area contributed by atoms with Gasteiger partial charge in [-0.3, -0.25) is 14.3 Å². The molecule has 1 aliphatic carbocycles. The van der Waals surface area contributed by atoms with Gasteiger partial charge in [-0.2, -0.15) is 5.10 Å². The van der Waals surface area contributed by atoms with Crippen LogP contribution in [0.4, 0.5) is 0 Å². The summed E-state index contributed by atoms with van der Waals surface area (Å²) in [5.41, 5.74) is 4.29. The largest absolute Gasteiger partial charge is 0.492 e. The Hall–Kier alpha value is -4.43. The van der Waals surface area contributed by atoms with Crippen molar-refractivity contribution in [2.75, 3.05) is 27.2 Å². The van der Waals surface area contributed by atoms with Crippen LogP contribution in [0.25, 0.3) is 16.5 Å². The number of carbonyl (C=O) groups is 2. The minimum atomic E-state index is -0.272. The first-order valence-corrected chi connectivity index (χ1v) is 12.2. The number of fused-ring (bicyclic) bond motifs is 1. The lowest BCUT2D eigenvalue weighted by Gasteiger charge is -2.13. The number of carbonyl (C=O) groups excluding carboxylic acids is 2. The van der Waals surface area contributed by atoms with Crippen molar-refractivity contribution in [1.82, 2.24) is 25.0 Å². The minimum absolute atomic E-state index is 0.0114. The molecule has 0 saturated carbocycles. The molecule has 0 aliphatic heterocycles. The van der Waals surface area contributed by atoms with Crippen molar-refractivity contribution in [3.63, 3.8) is 0 Å². The summed E-state index contributed by atoms with van der Waals surface area (Å²) in [6.07, 6.45) is 6.93. The van der Waals surface area contributed by atoms with E-state index in [4.69, 9.17) is 4.74 Å². The molecule has 0 unspecified atom stereocenters. The van der Waals surface area contributed by atoms with Gasteiger partial charge in [0.05, 0.1) is 24.0 Å². The van der Waals surface area contributed by atoms with Gasteiger partial charge in [-0.1, -0.05) is 36.4 Å². The van der Waals surface area contributed by atoms with Crippen LogP contribution in [-0.4, -0.2) is 58.6 Å². The normalized spacial score (nSPS) is 13.5. The van der Waals surface area contributed by atoms with E-state index in [1.807, 2.05) is 68.7 Å². The van der Waals surface area contributed by atoms with Crippen molar-refractivity contribution >= 4 is 28.2 Å². The van der Waals surface area contributed by atoms with E-state index in [2.05, 4.69) is 20.3 Å². The molecule has 2 N–H and O–H groups in total. The highest BCUT2D eigenvalue weighted by Crippen LogP contribution is 2.28. The van der Waals surface area contributed by atoms with Gasteiger partial charge in [-0.15, -0.1) is 0 Å². The summed E-state index contributed by atoms with van der Waals surface area (Å²) >= 11 is 0. The first-order chi connectivity index (χ1) is 17.9. The zero-order valence-corrected chi connectivity index (χ0v) is 20.9. The SMILES string of the molecule is CN(C)CCOc1ccc2[nH]c(C3=CC(NC(=O)c4cnn(Cc5ccccc5)c4)=CCC3=O)cc2c1. The third-order valence-corrected chi connectivity index (χ3v) is 6.14. The predicted octanol–water partition coefficient (Wildman–Crippen LogP) is 4.02. The second-order valence-electron chi connectivity index (χ2n) is 9.29. The maximum Gasteiger partial charge on any atom is 0.258 e. The highest BCUT2D eigenvalue weighted by atomic mass is 16.5. The molecule has 0 saturated heterocycles. The van der Waals surface area contributed by atoms with Crippen LogP contribution in [-0.2, 0) is 11.3 Å². The van der Waals surface area contributed by atoms with Gasteiger partial charge in [0.25, 0.3) is 5.91 Å². The molecule has 188 valence electrons. The molecule has 0 spiro atoms. The van der Waals surface area contributed by atoms with Crippen LogP contribution in [0.15, 0.2) is 84.8 Å². The number of hydrogen-bond acceptors (Lipinski definition) is 5. The van der Waals surface area contributed by atoms with E-state index in [0.717, 1.165) is 28.8 Å². The average Bonchev–Trinajstić information content (AvgIpc) is 3.52. The Morgan fingerprint density at radius 2 is 2.00 bits per heavy atom. The number of hydrogen-bond donors (Lipinski definition) is 2. The number of ether oxygens (including phenoxy) is 1. The average molecular weight is 496 g/mol. The molecule has 8 heteroatoms. The van der Waals surface area contributed by atoms with Gasteiger partial charge < -0.3 is 19.9 Å². The van der Waals surface area contributed by atoms with Gasteiger partial charge in [-0.25, -0.2) is 0 Å². The van der Waals surface area contributed by atoms with Crippen molar-refractivity contribution in [1.29, 1.82) is 0 Å². The van der Waals surface area contributed by atoms with Gasteiger partial charge in [-0.05, 0) is 50.0 Å². The van der Waals surface area contributed by atoms with Gasteiger partial charge in [0.2, 0.25) is 0 Å². The molecule has 0 atom stereocenters. The molecule has 8 nitrogen and oxygen atoms in total. The highest BCUT2D eigenvalue weighted by Gasteiger charge is 2.20. The van der Waals surface area contributed by atoms with Crippen molar-refractivity contribution in [3.8, 4) is 5.75 Å². The molecular weight excluding hydrogens is 466 g/mol. The number of nitrogens with one attached hydrogen (secondary N) is 2. The fraction of sp³-hybridized carbons (Fsp3) is 0.207. The van der Waals surface area contributed by atoms with Crippen molar-refractivity contribution in [2.24, 2.45) is 0 Å². The number of nitrogens with zero attached hydrogens (tertiary/aromatic N) is 3. The summed E-state index contributed by atoms with van der Waals surface area (Å²) in [7, 11) is 4.01. The van der Waals surface area contributed by atoms with Crippen LogP contribution in [0.3, 0.4) is 0 Å². The topological polar surface area (TPSA) is 92.2 Å². The van der Waals surface area contributed by atoms with Gasteiger partial charge in [0.1, 0.15) is 12.4 Å². The van der Waals surface area contributed by atoms with Crippen molar-refractivity contribution in [2.45, 2.75) is 13.0 Å². The number of rotatable bonds is 9. The molecular formula is C29H29N5O3. The van der Waals surface area contributed by atoms with Crippen LogP contribution in [0.1, 0.15) is 28.0 Å². The van der Waals surface area contributed by atoms with Gasteiger partial charge in [0.15, 0.2) is 5.78 Å². The number of aromatic amines is 1. The highest BCUT2D eigenvalue weighted by molar-refractivity contribution is 6.23.